The van der Waals surface area contributed by atoms with Crippen LogP contribution in [0.1, 0.15) is 56.3 Å². The number of fused-ring (bicyclic) bond motifs is 1. The normalized spacial score (nSPS) is 14.9. The predicted octanol–water partition coefficient (Wildman–Crippen LogP) is 6.89. The van der Waals surface area contributed by atoms with E-state index >= 15 is 0 Å². The largest absolute Gasteiger partial charge is 0.462 e. The minimum atomic E-state index is -0.425. The fourth-order valence-corrected chi connectivity index (χ4v) is 5.35. The molecule has 0 saturated heterocycles. The van der Waals surface area contributed by atoms with E-state index in [1.54, 1.807) is 0 Å². The van der Waals surface area contributed by atoms with E-state index in [-0.39, 0.29) is 11.0 Å². The Balaban J connectivity index is 1.73. The fraction of sp³-hybridized carbons (Fsp3) is 0.172. The number of carbonyl (C=O) groups excluding carboxylic acids is 2. The van der Waals surface area contributed by atoms with E-state index in [0.29, 0.717) is 34.9 Å². The smallest absolute Gasteiger partial charge is 0.255 e. The number of rotatable bonds is 6. The maximum atomic E-state index is 13.6. The lowest BCUT2D eigenvalue weighted by Gasteiger charge is -2.25. The minimum absolute atomic E-state index is 0.0129. The highest BCUT2D eigenvalue weighted by atomic mass is 32.2. The summed E-state index contributed by atoms with van der Waals surface area (Å²) in [5, 5.41) is -0.0129. The van der Waals surface area contributed by atoms with Crippen molar-refractivity contribution in [1.82, 2.24) is 4.90 Å². The predicted molar refractivity (Wildman–Crippen MR) is 136 cm³/mol. The average Bonchev–Trinajstić information content (AvgIpc) is 3.34. The molecule has 1 aliphatic heterocycles. The van der Waals surface area contributed by atoms with Gasteiger partial charge in [0.15, 0.2) is 0 Å². The summed E-state index contributed by atoms with van der Waals surface area (Å²) in [6.45, 7) is 4.25. The lowest BCUT2D eigenvalue weighted by molar-refractivity contribution is 0.0721. The van der Waals surface area contributed by atoms with Gasteiger partial charge in [0, 0.05) is 17.7 Å². The first kappa shape index (κ1) is 22.2. The summed E-state index contributed by atoms with van der Waals surface area (Å²) in [5.74, 6) is 1.86. The molecule has 1 aromatic heterocycles. The number of benzene rings is 3. The van der Waals surface area contributed by atoms with Crippen LogP contribution in [0.2, 0.25) is 0 Å². The topological polar surface area (TPSA) is 50.5 Å². The second-order valence-corrected chi connectivity index (χ2v) is 9.50. The average molecular weight is 468 g/mol. The Morgan fingerprint density at radius 1 is 0.941 bits per heavy atom. The monoisotopic (exact) mass is 467 g/mol. The van der Waals surface area contributed by atoms with E-state index in [2.05, 4.69) is 0 Å². The minimum Gasteiger partial charge on any atom is -0.462 e. The van der Waals surface area contributed by atoms with Crippen molar-refractivity contribution < 1.29 is 14.0 Å². The molecule has 0 bridgehead atoms. The van der Waals surface area contributed by atoms with Gasteiger partial charge in [-0.1, -0.05) is 97.5 Å². The zero-order chi connectivity index (χ0) is 23.7. The molecular formula is C29H25NO3S. The Morgan fingerprint density at radius 2 is 1.59 bits per heavy atom. The van der Waals surface area contributed by atoms with Gasteiger partial charge in [0.1, 0.15) is 17.6 Å². The number of thioether (sulfide) groups is 1. The molecule has 4 nitrogen and oxygen atoms in total. The third-order valence-corrected chi connectivity index (χ3v) is 6.91. The number of amides is 1. The molecule has 0 fully saturated rings. The molecule has 0 spiro atoms. The Hall–Kier alpha value is -3.57. The van der Waals surface area contributed by atoms with Crippen LogP contribution >= 0.6 is 11.8 Å². The quantitative estimate of drug-likeness (QED) is 0.310. The van der Waals surface area contributed by atoms with Gasteiger partial charge in [-0.2, -0.15) is 0 Å². The Bertz CT molecular complexity index is 1340. The molecule has 1 aliphatic rings. The fourth-order valence-electron chi connectivity index (χ4n) is 4.70. The summed E-state index contributed by atoms with van der Waals surface area (Å²) in [4.78, 5) is 28.6. The summed E-state index contributed by atoms with van der Waals surface area (Å²) in [6, 6.07) is 27.1. The Labute approximate surface area is 203 Å². The molecule has 34 heavy (non-hydrogen) atoms. The number of nitrogens with zero attached hydrogens (tertiary/aromatic N) is 1. The molecule has 5 heteroatoms. The molecule has 2 heterocycles. The zero-order valence-corrected chi connectivity index (χ0v) is 20.0. The van der Waals surface area contributed by atoms with E-state index in [9.17, 15) is 9.59 Å². The summed E-state index contributed by atoms with van der Waals surface area (Å²) in [6.07, 6.45) is 0. The number of hydrogen-bond acceptors (Lipinski definition) is 4. The maximum Gasteiger partial charge on any atom is 0.255 e. The highest BCUT2D eigenvalue weighted by Gasteiger charge is 2.42. The first-order valence-corrected chi connectivity index (χ1v) is 12.4. The molecule has 1 amide bonds. The van der Waals surface area contributed by atoms with Gasteiger partial charge in [-0.05, 0) is 35.4 Å². The van der Waals surface area contributed by atoms with Crippen LogP contribution in [-0.4, -0.2) is 21.7 Å². The van der Waals surface area contributed by atoms with E-state index in [1.165, 1.54) is 11.8 Å². The van der Waals surface area contributed by atoms with Crippen molar-refractivity contribution in [1.29, 1.82) is 0 Å². The SMILES string of the molecule is CCSC(=O)c1c(C)oc([C@@H]2c3ccccc3C(=O)N2Cc2ccccc2)c1-c1ccccc1. The van der Waals surface area contributed by atoms with Crippen molar-refractivity contribution in [2.75, 3.05) is 5.75 Å². The first-order chi connectivity index (χ1) is 16.6. The van der Waals surface area contributed by atoms with Gasteiger partial charge in [-0.3, -0.25) is 9.59 Å². The van der Waals surface area contributed by atoms with E-state index in [0.717, 1.165) is 22.3 Å². The van der Waals surface area contributed by atoms with E-state index in [1.807, 2.05) is 104 Å². The molecular weight excluding hydrogens is 442 g/mol. The van der Waals surface area contributed by atoms with Gasteiger partial charge in [-0.15, -0.1) is 0 Å². The van der Waals surface area contributed by atoms with Crippen LogP contribution in [0.4, 0.5) is 0 Å². The summed E-state index contributed by atoms with van der Waals surface area (Å²) in [5.41, 5.74) is 4.88. The molecule has 5 rings (SSSR count). The second kappa shape index (κ2) is 9.35. The first-order valence-electron chi connectivity index (χ1n) is 11.4. The lowest BCUT2D eigenvalue weighted by atomic mass is 9.94. The highest BCUT2D eigenvalue weighted by Crippen LogP contribution is 2.46. The van der Waals surface area contributed by atoms with Gasteiger partial charge in [-0.25, -0.2) is 0 Å². The zero-order valence-electron chi connectivity index (χ0n) is 19.2. The standard InChI is InChI=1S/C29H25NO3S/c1-3-34-29(32)24-19(2)33-27(25(24)21-14-8-5-9-15-21)26-22-16-10-11-17-23(22)28(31)30(26)18-20-12-6-4-7-13-20/h4-17,26H,3,18H2,1-2H3/t26-/m0/s1. The van der Waals surface area contributed by atoms with Gasteiger partial charge < -0.3 is 9.32 Å². The van der Waals surface area contributed by atoms with Crippen molar-refractivity contribution in [3.8, 4) is 11.1 Å². The molecule has 0 saturated carbocycles. The molecule has 0 radical (unpaired) electrons. The van der Waals surface area contributed by atoms with Crippen LogP contribution in [0.15, 0.2) is 89.3 Å². The van der Waals surface area contributed by atoms with Crippen molar-refractivity contribution in [2.45, 2.75) is 26.4 Å². The van der Waals surface area contributed by atoms with Crippen LogP contribution in [0, 0.1) is 6.92 Å². The number of aryl methyl sites for hydroxylation is 1. The van der Waals surface area contributed by atoms with Gasteiger partial charge >= 0.3 is 0 Å². The van der Waals surface area contributed by atoms with Crippen LogP contribution in [0.3, 0.4) is 0 Å². The van der Waals surface area contributed by atoms with Crippen molar-refractivity contribution in [3.63, 3.8) is 0 Å². The molecule has 0 aliphatic carbocycles. The third kappa shape index (κ3) is 3.86. The lowest BCUT2D eigenvalue weighted by Crippen LogP contribution is -2.28. The van der Waals surface area contributed by atoms with Gasteiger partial charge in [0.2, 0.25) is 5.12 Å². The highest BCUT2D eigenvalue weighted by molar-refractivity contribution is 8.14. The molecule has 4 aromatic rings. The summed E-state index contributed by atoms with van der Waals surface area (Å²) < 4.78 is 6.40. The third-order valence-electron chi connectivity index (χ3n) is 6.16. The van der Waals surface area contributed by atoms with E-state index < -0.39 is 6.04 Å². The maximum absolute atomic E-state index is 13.6. The number of furan rings is 1. The second-order valence-electron chi connectivity index (χ2n) is 8.27. The van der Waals surface area contributed by atoms with Gasteiger partial charge in [0.05, 0.1) is 5.56 Å². The van der Waals surface area contributed by atoms with E-state index in [4.69, 9.17) is 4.42 Å². The van der Waals surface area contributed by atoms with Crippen molar-refractivity contribution >= 4 is 22.8 Å². The van der Waals surface area contributed by atoms with Gasteiger partial charge in [0.25, 0.3) is 5.91 Å². The molecule has 3 aromatic carbocycles. The van der Waals surface area contributed by atoms with Crippen molar-refractivity contribution in [3.05, 3.63) is 119 Å². The Morgan fingerprint density at radius 3 is 2.29 bits per heavy atom. The van der Waals surface area contributed by atoms with Crippen LogP contribution in [0.25, 0.3) is 11.1 Å². The Kier molecular flexibility index (Phi) is 6.12. The summed E-state index contributed by atoms with van der Waals surface area (Å²) in [7, 11) is 0. The number of carbonyl (C=O) groups is 2. The molecule has 0 unspecified atom stereocenters. The molecule has 1 atom stereocenters. The summed E-state index contributed by atoms with van der Waals surface area (Å²) >= 11 is 1.27. The van der Waals surface area contributed by atoms with Crippen LogP contribution < -0.4 is 0 Å². The molecule has 0 N–H and O–H groups in total. The number of hydrogen-bond donors (Lipinski definition) is 0. The van der Waals surface area contributed by atoms with Crippen LogP contribution in [0.5, 0.6) is 0 Å². The molecule has 170 valence electrons. The van der Waals surface area contributed by atoms with Crippen LogP contribution in [-0.2, 0) is 6.54 Å². The van der Waals surface area contributed by atoms with Crippen molar-refractivity contribution in [2.24, 2.45) is 0 Å².